The van der Waals surface area contributed by atoms with Crippen molar-refractivity contribution < 1.29 is 4.79 Å². The van der Waals surface area contributed by atoms with Gasteiger partial charge >= 0.3 is 0 Å². The van der Waals surface area contributed by atoms with Crippen molar-refractivity contribution >= 4 is 30.7 Å². The Labute approximate surface area is 155 Å². The molecule has 0 aliphatic carbocycles. The van der Waals surface area contributed by atoms with Crippen molar-refractivity contribution in [2.24, 2.45) is 5.92 Å². The number of rotatable bonds is 4. The zero-order valence-corrected chi connectivity index (χ0v) is 15.0. The van der Waals surface area contributed by atoms with Crippen molar-refractivity contribution in [3.8, 4) is 0 Å². The number of benzene rings is 1. The molecule has 0 radical (unpaired) electrons. The van der Waals surface area contributed by atoms with Gasteiger partial charge in [0.15, 0.2) is 0 Å². The smallest absolute Gasteiger partial charge is 0.225 e. The normalized spacial score (nSPS) is 17.8. The molecule has 1 amide bonds. The molecule has 1 aromatic heterocycles. The first kappa shape index (κ1) is 20.4. The summed E-state index contributed by atoms with van der Waals surface area (Å²) in [6.07, 6.45) is 5.57. The standard InChI is InChI=1S/C18H21N3O.2ClH/c22-18(16-9-5-11-20-13-16)21-17(14-6-2-1-3-7-14)15-8-4-10-19-12-15;;/h1-4,6-8,10,12,16-17,20H,5,9,11,13H2,(H,21,22);2*1H. The zero-order valence-electron chi connectivity index (χ0n) is 13.4. The zero-order chi connectivity index (χ0) is 15.2. The van der Waals surface area contributed by atoms with E-state index in [1.54, 1.807) is 6.20 Å². The summed E-state index contributed by atoms with van der Waals surface area (Å²) in [7, 11) is 0. The predicted molar refractivity (Wildman–Crippen MR) is 101 cm³/mol. The van der Waals surface area contributed by atoms with Crippen LogP contribution in [0.2, 0.25) is 0 Å². The number of nitrogens with zero attached hydrogens (tertiary/aromatic N) is 1. The van der Waals surface area contributed by atoms with Crippen LogP contribution >= 0.6 is 24.8 Å². The van der Waals surface area contributed by atoms with Gasteiger partial charge in [0.2, 0.25) is 5.91 Å². The van der Waals surface area contributed by atoms with Crippen molar-refractivity contribution in [1.29, 1.82) is 0 Å². The van der Waals surface area contributed by atoms with Crippen LogP contribution in [0.4, 0.5) is 0 Å². The molecular weight excluding hydrogens is 345 g/mol. The first-order valence-corrected chi connectivity index (χ1v) is 7.80. The highest BCUT2D eigenvalue weighted by Crippen LogP contribution is 2.22. The Kier molecular flexibility index (Phi) is 8.76. The number of carbonyl (C=O) groups is 1. The molecule has 1 aliphatic rings. The van der Waals surface area contributed by atoms with E-state index in [1.165, 1.54) is 0 Å². The largest absolute Gasteiger partial charge is 0.345 e. The molecule has 130 valence electrons. The minimum atomic E-state index is -0.149. The maximum Gasteiger partial charge on any atom is 0.225 e. The van der Waals surface area contributed by atoms with Gasteiger partial charge in [0.05, 0.1) is 12.0 Å². The number of pyridine rings is 1. The first-order chi connectivity index (χ1) is 10.8. The molecule has 0 spiro atoms. The second-order valence-electron chi connectivity index (χ2n) is 5.68. The number of carbonyl (C=O) groups excluding carboxylic acids is 1. The summed E-state index contributed by atoms with van der Waals surface area (Å²) in [6.45, 7) is 1.77. The molecule has 3 rings (SSSR count). The van der Waals surface area contributed by atoms with Crippen LogP contribution in [-0.4, -0.2) is 24.0 Å². The van der Waals surface area contributed by atoms with Crippen molar-refractivity contribution in [2.75, 3.05) is 13.1 Å². The van der Waals surface area contributed by atoms with E-state index >= 15 is 0 Å². The van der Waals surface area contributed by atoms with Crippen molar-refractivity contribution in [3.63, 3.8) is 0 Å². The van der Waals surface area contributed by atoms with Crippen molar-refractivity contribution in [2.45, 2.75) is 18.9 Å². The number of piperidine rings is 1. The number of hydrogen-bond donors (Lipinski definition) is 2. The number of halogens is 2. The van der Waals surface area contributed by atoms with E-state index in [9.17, 15) is 4.79 Å². The molecule has 2 atom stereocenters. The SMILES string of the molecule is Cl.Cl.O=C(NC(c1ccccc1)c1cccnc1)C1CCCNC1. The Morgan fingerprint density at radius 2 is 1.88 bits per heavy atom. The summed E-state index contributed by atoms with van der Waals surface area (Å²) in [5.74, 6) is 0.168. The lowest BCUT2D eigenvalue weighted by molar-refractivity contribution is -0.126. The molecule has 1 aromatic carbocycles. The lowest BCUT2D eigenvalue weighted by Crippen LogP contribution is -2.42. The third-order valence-corrected chi connectivity index (χ3v) is 4.10. The van der Waals surface area contributed by atoms with Gasteiger partial charge in [0, 0.05) is 18.9 Å². The number of hydrogen-bond acceptors (Lipinski definition) is 3. The fraction of sp³-hybridized carbons (Fsp3) is 0.333. The third kappa shape index (κ3) is 5.20. The van der Waals surface area contributed by atoms with E-state index in [1.807, 2.05) is 48.7 Å². The van der Waals surface area contributed by atoms with E-state index in [0.717, 1.165) is 37.1 Å². The van der Waals surface area contributed by atoms with E-state index in [4.69, 9.17) is 0 Å². The maximum absolute atomic E-state index is 12.6. The van der Waals surface area contributed by atoms with Gasteiger partial charge in [-0.1, -0.05) is 36.4 Å². The molecule has 0 saturated carbocycles. The summed E-state index contributed by atoms with van der Waals surface area (Å²) in [4.78, 5) is 16.8. The molecule has 1 saturated heterocycles. The summed E-state index contributed by atoms with van der Waals surface area (Å²) >= 11 is 0. The molecule has 0 bridgehead atoms. The minimum Gasteiger partial charge on any atom is -0.345 e. The fourth-order valence-electron chi connectivity index (χ4n) is 2.89. The highest BCUT2D eigenvalue weighted by Gasteiger charge is 2.24. The average molecular weight is 368 g/mol. The van der Waals surface area contributed by atoms with Crippen LogP contribution in [0.15, 0.2) is 54.9 Å². The van der Waals surface area contributed by atoms with Crippen LogP contribution in [0.25, 0.3) is 0 Å². The van der Waals surface area contributed by atoms with E-state index in [-0.39, 0.29) is 42.7 Å². The second-order valence-corrected chi connectivity index (χ2v) is 5.68. The summed E-state index contributed by atoms with van der Waals surface area (Å²) in [5, 5.41) is 6.50. The quantitative estimate of drug-likeness (QED) is 0.872. The Bertz CT molecular complexity index is 565. The lowest BCUT2D eigenvalue weighted by atomic mass is 9.95. The van der Waals surface area contributed by atoms with Gasteiger partial charge in [-0.3, -0.25) is 9.78 Å². The molecule has 1 aliphatic heterocycles. The van der Waals surface area contributed by atoms with Gasteiger partial charge < -0.3 is 10.6 Å². The molecule has 6 heteroatoms. The van der Waals surface area contributed by atoms with E-state index in [2.05, 4.69) is 15.6 Å². The van der Waals surface area contributed by atoms with Gasteiger partial charge in [-0.05, 0) is 36.6 Å². The molecule has 1 fully saturated rings. The summed E-state index contributed by atoms with van der Waals surface area (Å²) < 4.78 is 0. The average Bonchev–Trinajstić information content (AvgIpc) is 2.62. The Balaban J connectivity index is 0.00000144. The van der Waals surface area contributed by atoms with E-state index in [0.29, 0.717) is 0 Å². The molecular formula is C18H23Cl2N3O. The lowest BCUT2D eigenvalue weighted by Gasteiger charge is -2.26. The molecule has 2 N–H and O–H groups in total. The monoisotopic (exact) mass is 367 g/mol. The van der Waals surface area contributed by atoms with Crippen molar-refractivity contribution in [3.05, 3.63) is 66.0 Å². The molecule has 2 unspecified atom stereocenters. The second kappa shape index (κ2) is 10.3. The van der Waals surface area contributed by atoms with Crippen LogP contribution in [0.1, 0.15) is 30.0 Å². The van der Waals surface area contributed by atoms with Gasteiger partial charge in [-0.15, -0.1) is 24.8 Å². The Morgan fingerprint density at radius 3 is 2.50 bits per heavy atom. The van der Waals surface area contributed by atoms with Gasteiger partial charge in [0.1, 0.15) is 0 Å². The van der Waals surface area contributed by atoms with Gasteiger partial charge in [-0.2, -0.15) is 0 Å². The number of amides is 1. The highest BCUT2D eigenvalue weighted by atomic mass is 35.5. The fourth-order valence-corrected chi connectivity index (χ4v) is 2.89. The maximum atomic E-state index is 12.6. The highest BCUT2D eigenvalue weighted by molar-refractivity contribution is 5.85. The molecule has 2 aromatic rings. The van der Waals surface area contributed by atoms with Gasteiger partial charge in [0.25, 0.3) is 0 Å². The minimum absolute atomic E-state index is 0. The van der Waals surface area contributed by atoms with Crippen LogP contribution in [0, 0.1) is 5.92 Å². The van der Waals surface area contributed by atoms with Crippen LogP contribution in [0.5, 0.6) is 0 Å². The molecule has 2 heterocycles. The van der Waals surface area contributed by atoms with Gasteiger partial charge in [-0.25, -0.2) is 0 Å². The van der Waals surface area contributed by atoms with Crippen LogP contribution in [-0.2, 0) is 4.79 Å². The predicted octanol–water partition coefficient (Wildman–Crippen LogP) is 3.13. The summed E-state index contributed by atoms with van der Waals surface area (Å²) in [6, 6.07) is 13.8. The third-order valence-electron chi connectivity index (χ3n) is 4.10. The van der Waals surface area contributed by atoms with Crippen LogP contribution < -0.4 is 10.6 Å². The Hall–Kier alpha value is -1.62. The van der Waals surface area contributed by atoms with E-state index < -0.39 is 0 Å². The summed E-state index contributed by atoms with van der Waals surface area (Å²) in [5.41, 5.74) is 2.08. The molecule has 4 nitrogen and oxygen atoms in total. The topological polar surface area (TPSA) is 54.0 Å². The van der Waals surface area contributed by atoms with Crippen LogP contribution in [0.3, 0.4) is 0 Å². The molecule has 24 heavy (non-hydrogen) atoms. The number of nitrogens with one attached hydrogen (secondary N) is 2. The Morgan fingerprint density at radius 1 is 1.12 bits per heavy atom. The van der Waals surface area contributed by atoms with Crippen molar-refractivity contribution in [1.82, 2.24) is 15.6 Å². The number of aromatic nitrogens is 1. The first-order valence-electron chi connectivity index (χ1n) is 7.80.